The van der Waals surface area contributed by atoms with E-state index in [2.05, 4.69) is 145 Å². The number of ketones is 3. The van der Waals surface area contributed by atoms with Crippen molar-refractivity contribution in [2.75, 3.05) is 63.7 Å². The molecule has 0 saturated heterocycles. The number of fused-ring (bicyclic) bond motifs is 4. The van der Waals surface area contributed by atoms with E-state index in [9.17, 15) is 14.4 Å². The third-order valence-corrected chi connectivity index (χ3v) is 18.1. The lowest BCUT2D eigenvalue weighted by Crippen LogP contribution is -2.39. The molecule has 13 heterocycles. The van der Waals surface area contributed by atoms with E-state index in [0.717, 1.165) is 73.0 Å². The molecule has 528 valence electrons. The average molecular weight is 1410 g/mol. The van der Waals surface area contributed by atoms with Crippen LogP contribution in [0, 0.1) is 10.7 Å². The normalized spacial score (nSPS) is 15.3. The molecule has 0 aliphatic carbocycles. The van der Waals surface area contributed by atoms with Gasteiger partial charge in [-0.15, -0.1) is 0 Å². The number of carbonyl (C=O) groups excluding carboxylic acids is 3. The Morgan fingerprint density at radius 1 is 0.594 bits per heavy atom. The van der Waals surface area contributed by atoms with Crippen LogP contribution in [0.3, 0.4) is 0 Å². The number of nitrogens with two attached hydrogens (primary N) is 1. The van der Waals surface area contributed by atoms with Crippen LogP contribution in [-0.2, 0) is 69.5 Å². The third kappa shape index (κ3) is 19.2. The second kappa shape index (κ2) is 32.1. The molecule has 0 fully saturated rings. The number of thiocyanates is 1. The molecular formula is C72H87N21O6S2. The van der Waals surface area contributed by atoms with E-state index in [1.54, 1.807) is 101 Å². The lowest BCUT2D eigenvalue weighted by atomic mass is 9.82. The van der Waals surface area contributed by atoms with E-state index in [-0.39, 0.29) is 52.7 Å². The summed E-state index contributed by atoms with van der Waals surface area (Å²) in [6.07, 6.45) is 17.3. The van der Waals surface area contributed by atoms with Gasteiger partial charge in [0.2, 0.25) is 0 Å². The molecule has 9 aromatic rings. The number of nitrogens with one attached hydrogen (secondary N) is 6. The molecule has 101 heavy (non-hydrogen) atoms. The van der Waals surface area contributed by atoms with E-state index >= 15 is 0 Å². The molecule has 4 aliphatic heterocycles. The second-order valence-electron chi connectivity index (χ2n) is 27.0. The number of thiocarbonyl (C=S) groups is 1. The minimum atomic E-state index is -0.175. The highest BCUT2D eigenvalue weighted by Crippen LogP contribution is 2.40. The molecule has 0 spiro atoms. The molecule has 4 aliphatic rings. The minimum Gasteiger partial charge on any atom is -0.456 e. The Balaban J connectivity index is 0.000000153. The number of ether oxygens (including phenoxy) is 3. The van der Waals surface area contributed by atoms with Gasteiger partial charge in [-0.05, 0) is 95.8 Å². The van der Waals surface area contributed by atoms with Crippen molar-refractivity contribution in [2.24, 2.45) is 0 Å². The van der Waals surface area contributed by atoms with Crippen molar-refractivity contribution < 1.29 is 28.6 Å². The molecule has 1 atom stereocenters. The fourth-order valence-electron chi connectivity index (χ4n) is 12.3. The molecule has 27 nitrogen and oxygen atoms in total. The maximum atomic E-state index is 11.4. The van der Waals surface area contributed by atoms with Crippen molar-refractivity contribution in [1.29, 1.82) is 5.26 Å². The summed E-state index contributed by atoms with van der Waals surface area (Å²) in [5.41, 5.74) is 14.2. The second-order valence-corrected chi connectivity index (χ2v) is 28.2. The molecule has 1 unspecified atom stereocenters. The fraction of sp³-hybridized carbons (Fsp3) is 0.389. The lowest BCUT2D eigenvalue weighted by molar-refractivity contribution is -0.117. The molecule has 0 aromatic carbocycles. The number of Topliss-reactive ketones (excluding diaryl/α,β-unsaturated/α-hetero) is 3. The summed E-state index contributed by atoms with van der Waals surface area (Å²) < 4.78 is 23.8. The van der Waals surface area contributed by atoms with E-state index in [1.807, 2.05) is 29.9 Å². The smallest absolute Gasteiger partial charge is 0.178 e. The van der Waals surface area contributed by atoms with Gasteiger partial charge in [-0.2, -0.15) is 20.6 Å². The molecular weight excluding hydrogens is 1320 g/mol. The predicted octanol–water partition coefficient (Wildman–Crippen LogP) is 13.0. The maximum Gasteiger partial charge on any atom is 0.178 e. The number of thioether (sulfide) groups is 1. The number of anilines is 8. The molecule has 13 rings (SSSR count). The summed E-state index contributed by atoms with van der Waals surface area (Å²) in [7, 11) is 5.55. The summed E-state index contributed by atoms with van der Waals surface area (Å²) >= 11 is 6.65. The molecule has 29 heteroatoms. The minimum absolute atomic E-state index is 0.0446. The van der Waals surface area contributed by atoms with Crippen molar-refractivity contribution in [3.63, 3.8) is 0 Å². The highest BCUT2D eigenvalue weighted by Gasteiger charge is 2.34. The number of hydrogen-bond acceptors (Lipinski definition) is 24. The van der Waals surface area contributed by atoms with Gasteiger partial charge in [-0.25, -0.2) is 15.0 Å². The predicted molar refractivity (Wildman–Crippen MR) is 397 cm³/mol. The maximum absolute atomic E-state index is 11.4. The number of aryl methyl sites for hydroxylation is 3. The van der Waals surface area contributed by atoms with E-state index < -0.39 is 0 Å². The number of aromatic nitrogens is 12. The van der Waals surface area contributed by atoms with Crippen molar-refractivity contribution in [1.82, 2.24) is 59.2 Å². The van der Waals surface area contributed by atoms with Crippen LogP contribution in [-0.4, -0.2) is 109 Å². The van der Waals surface area contributed by atoms with Crippen LogP contribution in [0.5, 0.6) is 34.5 Å². The van der Waals surface area contributed by atoms with Crippen molar-refractivity contribution >= 4 is 92.6 Å². The van der Waals surface area contributed by atoms with Gasteiger partial charge in [0, 0.05) is 172 Å². The molecule has 0 bridgehead atoms. The first kappa shape index (κ1) is 73.0. The molecule has 0 radical (unpaired) electrons. The quantitative estimate of drug-likeness (QED) is 0.0225. The summed E-state index contributed by atoms with van der Waals surface area (Å²) in [5.74, 6) is 6.99. The molecule has 9 aromatic heterocycles. The van der Waals surface area contributed by atoms with Crippen LogP contribution < -0.4 is 56.7 Å². The Morgan fingerprint density at radius 2 is 1.04 bits per heavy atom. The summed E-state index contributed by atoms with van der Waals surface area (Å²) in [6, 6.07) is 22.3. The zero-order chi connectivity index (χ0) is 72.2. The Kier molecular flexibility index (Phi) is 23.2. The number of hydrogen-bond donors (Lipinski definition) is 7. The summed E-state index contributed by atoms with van der Waals surface area (Å²) in [5, 5.41) is 44.9. The number of nitrogen functional groups attached to an aromatic ring is 1. The number of carbonyl (C=O) groups is 3. The van der Waals surface area contributed by atoms with Crippen molar-refractivity contribution in [2.45, 2.75) is 167 Å². The summed E-state index contributed by atoms with van der Waals surface area (Å²) in [4.78, 5) is 61.5. The van der Waals surface area contributed by atoms with Gasteiger partial charge in [0.15, 0.2) is 34.7 Å². The van der Waals surface area contributed by atoms with Crippen molar-refractivity contribution in [3.05, 3.63) is 144 Å². The van der Waals surface area contributed by atoms with Gasteiger partial charge < -0.3 is 56.7 Å². The zero-order valence-electron chi connectivity index (χ0n) is 59.1. The van der Waals surface area contributed by atoms with Gasteiger partial charge in [0.05, 0.1) is 52.7 Å². The van der Waals surface area contributed by atoms with E-state index in [1.165, 1.54) is 50.2 Å². The van der Waals surface area contributed by atoms with Gasteiger partial charge in [-0.3, -0.25) is 43.4 Å². The average Bonchev–Trinajstić information content (AvgIpc) is 1.65. The Labute approximate surface area is 597 Å². The van der Waals surface area contributed by atoms with Crippen LogP contribution in [0.15, 0.2) is 115 Å². The highest BCUT2D eigenvalue weighted by atomic mass is 32.2. The van der Waals surface area contributed by atoms with Crippen LogP contribution in [0.2, 0.25) is 0 Å². The third-order valence-electron chi connectivity index (χ3n) is 17.4. The topological polar surface area (TPSA) is 335 Å². The first-order chi connectivity index (χ1) is 48.2. The monoisotopic (exact) mass is 1410 g/mol. The first-order valence-electron chi connectivity index (χ1n) is 33.4. The van der Waals surface area contributed by atoms with Crippen LogP contribution in [0.1, 0.15) is 135 Å². The largest absolute Gasteiger partial charge is 0.456 e. The van der Waals surface area contributed by atoms with Gasteiger partial charge in [0.1, 0.15) is 68.1 Å². The number of pyridine rings is 6. The molecule has 0 amide bonds. The van der Waals surface area contributed by atoms with Gasteiger partial charge in [-0.1, -0.05) is 41.5 Å². The molecule has 0 saturated carbocycles. The Morgan fingerprint density at radius 3 is 1.51 bits per heavy atom. The fourth-order valence-corrected chi connectivity index (χ4v) is 12.9. The van der Waals surface area contributed by atoms with Crippen LogP contribution >= 0.6 is 24.0 Å². The summed E-state index contributed by atoms with van der Waals surface area (Å²) in [6.45, 7) is 21.0. The molecule has 8 N–H and O–H groups in total. The number of nitrogens with zero attached hydrogens (tertiary/aromatic N) is 14. The van der Waals surface area contributed by atoms with Crippen molar-refractivity contribution in [3.8, 4) is 39.9 Å². The first-order valence-corrected chi connectivity index (χ1v) is 34.6. The van der Waals surface area contributed by atoms with E-state index in [0.29, 0.717) is 91.9 Å². The Hall–Kier alpha value is -10.7. The number of rotatable bonds is 19. The number of nitriles is 1. The van der Waals surface area contributed by atoms with Gasteiger partial charge in [0.25, 0.3) is 0 Å². The SMILES string of the molecule is CC(=O)Cc1cc(Oc2cnc3c(c2)N(C)C(Nc2cc4n(n2)CCCC4(C)C)N3)ccn1.CC1(C)CCCn2nc(SC#N)cc21.CNc1cc(Oc2ccnc(CC(C)=O)c2)cnc1N.CNc1cc(Oc2ccnc(CC(C)=O)c2)cnc1NC(=S)Nc1cc2n(n1)CCCC2(C)C. The Bertz CT molecular complexity index is 4520. The lowest BCUT2D eigenvalue weighted by Gasteiger charge is -2.30. The highest BCUT2D eigenvalue weighted by molar-refractivity contribution is 8.03. The standard InChI is InChI=1S/C24H29N7O2S.C24H29N7O2.C14H16N4O2.C10H13N3S/c1-15(32)10-16-11-17(6-8-26-16)33-18-12-19(25-4)22(27-14-18)29-23(34)28-21-13-20-24(2,3)7-5-9-31(20)30-21;1-15(32)10-16-11-17(6-8-25-16)33-18-12-19-22(26-14-18)28-23(30(19)4)27-21-13-20-24(2,3)7-5-9-31(20)29-21;1-9(19)5-10-6-11(3-4-17-10)20-12-7-13(16-2)14(15)18-8-12;1-10(2)4-3-5-13-8(10)6-9(12-13)14-7-11/h6,8,11-14,25H,5,7,9-10H2,1-4H3,(H2,27,28,29,30,34);6,8,11-14,23H,5,7,9-10H2,1-4H3,(H,26,28)(H,27,29);3-4,6-8,16H,5H2,1-2H3,(H2,15,18);6H,3-5H2,1-2H3. The van der Waals surface area contributed by atoms with E-state index in [4.69, 9.17) is 42.5 Å². The zero-order valence-corrected chi connectivity index (χ0v) is 60.7. The van der Waals surface area contributed by atoms with Gasteiger partial charge >= 0.3 is 0 Å². The van der Waals surface area contributed by atoms with Crippen LogP contribution in [0.4, 0.5) is 46.2 Å². The van der Waals surface area contributed by atoms with Crippen LogP contribution in [0.25, 0.3) is 0 Å².